The Morgan fingerprint density at radius 1 is 1.24 bits per heavy atom. The van der Waals surface area contributed by atoms with Crippen molar-refractivity contribution < 1.29 is 14.3 Å². The minimum atomic E-state index is -0.532. The Balaban J connectivity index is 1.74. The van der Waals surface area contributed by atoms with Gasteiger partial charge in [-0.15, -0.1) is 0 Å². The van der Waals surface area contributed by atoms with Crippen molar-refractivity contribution >= 4 is 27.7 Å². The van der Waals surface area contributed by atoms with Gasteiger partial charge in [0.1, 0.15) is 6.04 Å². The van der Waals surface area contributed by atoms with Crippen LogP contribution in [0.4, 0.5) is 0 Å². The Kier molecular flexibility index (Phi) is 4.26. The Hall–Kier alpha value is -1.40. The highest BCUT2D eigenvalue weighted by Crippen LogP contribution is 2.20. The molecule has 0 radical (unpaired) electrons. The lowest BCUT2D eigenvalue weighted by Gasteiger charge is -2.34. The van der Waals surface area contributed by atoms with Crippen LogP contribution in [0.5, 0.6) is 0 Å². The Labute approximate surface area is 131 Å². The molecule has 1 saturated carbocycles. The van der Waals surface area contributed by atoms with Crippen molar-refractivity contribution in [1.29, 1.82) is 0 Å². The van der Waals surface area contributed by atoms with Crippen LogP contribution in [0, 0.1) is 0 Å². The van der Waals surface area contributed by atoms with Gasteiger partial charge in [-0.05, 0) is 37.1 Å². The van der Waals surface area contributed by atoms with E-state index >= 15 is 0 Å². The first-order chi connectivity index (χ1) is 10.1. The smallest absolute Gasteiger partial charge is 0.254 e. The van der Waals surface area contributed by atoms with Gasteiger partial charge in [0.15, 0.2) is 0 Å². The summed E-state index contributed by atoms with van der Waals surface area (Å²) in [4.78, 5) is 26.5. The number of rotatable bonds is 3. The molecule has 2 aliphatic rings. The topological polar surface area (TPSA) is 58.6 Å². The van der Waals surface area contributed by atoms with E-state index < -0.39 is 6.04 Å². The van der Waals surface area contributed by atoms with Gasteiger partial charge < -0.3 is 15.0 Å². The Morgan fingerprint density at radius 2 is 1.95 bits per heavy atom. The van der Waals surface area contributed by atoms with E-state index in [0.29, 0.717) is 18.7 Å². The second-order valence-electron chi connectivity index (χ2n) is 5.38. The molecule has 1 saturated heterocycles. The number of ether oxygens (including phenoxy) is 1. The molecule has 1 atom stereocenters. The van der Waals surface area contributed by atoms with Crippen molar-refractivity contribution in [2.24, 2.45) is 0 Å². The maximum atomic E-state index is 12.6. The quantitative estimate of drug-likeness (QED) is 0.898. The summed E-state index contributed by atoms with van der Waals surface area (Å²) in [6.07, 6.45) is 2.06. The van der Waals surface area contributed by atoms with E-state index in [4.69, 9.17) is 4.74 Å². The van der Waals surface area contributed by atoms with Gasteiger partial charge in [0, 0.05) is 22.6 Å². The van der Waals surface area contributed by atoms with Crippen molar-refractivity contribution in [1.82, 2.24) is 10.2 Å². The van der Waals surface area contributed by atoms with E-state index in [1.165, 1.54) is 0 Å². The number of hydrogen-bond acceptors (Lipinski definition) is 3. The second kappa shape index (κ2) is 6.15. The largest absolute Gasteiger partial charge is 0.377 e. The molecular weight excluding hydrogens is 336 g/mol. The van der Waals surface area contributed by atoms with Crippen LogP contribution in [0.1, 0.15) is 23.2 Å². The molecule has 2 fully saturated rings. The summed E-state index contributed by atoms with van der Waals surface area (Å²) < 4.78 is 6.30. The van der Waals surface area contributed by atoms with E-state index in [2.05, 4.69) is 21.2 Å². The van der Waals surface area contributed by atoms with E-state index in [-0.39, 0.29) is 24.5 Å². The number of hydrogen-bond donors (Lipinski definition) is 1. The van der Waals surface area contributed by atoms with Crippen LogP contribution >= 0.6 is 15.9 Å². The molecule has 6 heteroatoms. The number of halogens is 1. The number of nitrogens with zero attached hydrogens (tertiary/aromatic N) is 1. The lowest BCUT2D eigenvalue weighted by Crippen LogP contribution is -2.56. The molecule has 21 heavy (non-hydrogen) atoms. The third-order valence-electron chi connectivity index (χ3n) is 3.71. The third kappa shape index (κ3) is 3.44. The van der Waals surface area contributed by atoms with Crippen LogP contribution in [0.15, 0.2) is 28.7 Å². The van der Waals surface area contributed by atoms with Gasteiger partial charge in [-0.3, -0.25) is 9.59 Å². The first-order valence-corrected chi connectivity index (χ1v) is 7.89. The van der Waals surface area contributed by atoms with Crippen LogP contribution in [0.25, 0.3) is 0 Å². The molecule has 0 bridgehead atoms. The van der Waals surface area contributed by atoms with Gasteiger partial charge in [-0.1, -0.05) is 15.9 Å². The number of morpholine rings is 1. The molecule has 1 unspecified atom stereocenters. The monoisotopic (exact) mass is 352 g/mol. The van der Waals surface area contributed by atoms with Crippen molar-refractivity contribution in [2.45, 2.75) is 24.9 Å². The first-order valence-electron chi connectivity index (χ1n) is 7.10. The summed E-state index contributed by atoms with van der Waals surface area (Å²) in [6.45, 7) is 1.17. The molecule has 112 valence electrons. The van der Waals surface area contributed by atoms with Gasteiger partial charge in [-0.25, -0.2) is 0 Å². The molecule has 1 aromatic carbocycles. The van der Waals surface area contributed by atoms with Crippen LogP contribution in [-0.4, -0.2) is 48.6 Å². The van der Waals surface area contributed by atoms with Crippen molar-refractivity contribution in [3.8, 4) is 0 Å². The van der Waals surface area contributed by atoms with Crippen LogP contribution < -0.4 is 5.32 Å². The standard InChI is InChI=1S/C15H17BrN2O3/c16-11-3-1-10(2-4-11)15(20)18-7-8-21-9-13(18)14(19)17-12-5-6-12/h1-4,12-13H,5-9H2,(H,17,19). The Bertz CT molecular complexity index is 542. The van der Waals surface area contributed by atoms with Crippen LogP contribution in [-0.2, 0) is 9.53 Å². The fourth-order valence-electron chi connectivity index (χ4n) is 2.35. The van der Waals surface area contributed by atoms with Gasteiger partial charge >= 0.3 is 0 Å². The number of carbonyl (C=O) groups is 2. The summed E-state index contributed by atoms with van der Waals surface area (Å²) in [5, 5.41) is 2.95. The van der Waals surface area contributed by atoms with Gasteiger partial charge in [0.2, 0.25) is 5.91 Å². The fourth-order valence-corrected chi connectivity index (χ4v) is 2.61. The lowest BCUT2D eigenvalue weighted by molar-refractivity contribution is -0.130. The number of benzene rings is 1. The number of nitrogens with one attached hydrogen (secondary N) is 1. The molecule has 5 nitrogen and oxygen atoms in total. The summed E-state index contributed by atoms with van der Waals surface area (Å²) in [7, 11) is 0. The van der Waals surface area contributed by atoms with E-state index in [0.717, 1.165) is 17.3 Å². The molecule has 1 aliphatic carbocycles. The predicted molar refractivity (Wildman–Crippen MR) is 81.0 cm³/mol. The SMILES string of the molecule is O=C(NC1CC1)C1COCCN1C(=O)c1ccc(Br)cc1. The summed E-state index contributed by atoms with van der Waals surface area (Å²) in [5.41, 5.74) is 0.587. The van der Waals surface area contributed by atoms with Crippen molar-refractivity contribution in [3.63, 3.8) is 0 Å². The van der Waals surface area contributed by atoms with Gasteiger partial charge in [-0.2, -0.15) is 0 Å². The molecule has 1 N–H and O–H groups in total. The van der Waals surface area contributed by atoms with E-state index in [9.17, 15) is 9.59 Å². The average molecular weight is 353 g/mol. The number of amides is 2. The third-order valence-corrected chi connectivity index (χ3v) is 4.24. The maximum absolute atomic E-state index is 12.6. The van der Waals surface area contributed by atoms with Crippen LogP contribution in [0.2, 0.25) is 0 Å². The second-order valence-corrected chi connectivity index (χ2v) is 6.29. The molecule has 1 aromatic rings. The maximum Gasteiger partial charge on any atom is 0.254 e. The van der Waals surface area contributed by atoms with Gasteiger partial charge in [0.05, 0.1) is 13.2 Å². The van der Waals surface area contributed by atoms with Crippen molar-refractivity contribution in [3.05, 3.63) is 34.3 Å². The normalized spacial score (nSPS) is 22.0. The lowest BCUT2D eigenvalue weighted by atomic mass is 10.1. The minimum Gasteiger partial charge on any atom is -0.377 e. The van der Waals surface area contributed by atoms with Crippen LogP contribution in [0.3, 0.4) is 0 Å². The summed E-state index contributed by atoms with van der Waals surface area (Å²) in [5.74, 6) is -0.232. The van der Waals surface area contributed by atoms with E-state index in [1.54, 1.807) is 17.0 Å². The number of carbonyl (C=O) groups excluding carboxylic acids is 2. The molecule has 1 heterocycles. The zero-order valence-electron chi connectivity index (χ0n) is 11.5. The van der Waals surface area contributed by atoms with E-state index in [1.807, 2.05) is 12.1 Å². The highest BCUT2D eigenvalue weighted by molar-refractivity contribution is 9.10. The molecule has 0 aromatic heterocycles. The summed E-state index contributed by atoms with van der Waals surface area (Å²) in [6, 6.07) is 6.93. The highest BCUT2D eigenvalue weighted by Gasteiger charge is 2.35. The summed E-state index contributed by atoms with van der Waals surface area (Å²) >= 11 is 3.35. The fraction of sp³-hybridized carbons (Fsp3) is 0.467. The highest BCUT2D eigenvalue weighted by atomic mass is 79.9. The first kappa shape index (κ1) is 14.5. The minimum absolute atomic E-state index is 0.109. The van der Waals surface area contributed by atoms with Crippen molar-refractivity contribution in [2.75, 3.05) is 19.8 Å². The molecular formula is C15H17BrN2O3. The van der Waals surface area contributed by atoms with Gasteiger partial charge in [0.25, 0.3) is 5.91 Å². The molecule has 3 rings (SSSR count). The molecule has 1 aliphatic heterocycles. The molecule has 0 spiro atoms. The Morgan fingerprint density at radius 3 is 2.62 bits per heavy atom. The zero-order chi connectivity index (χ0) is 14.8. The average Bonchev–Trinajstić information content (AvgIpc) is 3.31. The molecule has 2 amide bonds. The predicted octanol–water partition coefficient (Wildman–Crippen LogP) is 1.57. The zero-order valence-corrected chi connectivity index (χ0v) is 13.1.